The lowest BCUT2D eigenvalue weighted by molar-refractivity contribution is 0.0994. The minimum Gasteiger partial charge on any atom is -0.314 e. The molecule has 1 saturated heterocycles. The first-order valence-electron chi connectivity index (χ1n) is 6.41. The molecule has 0 radical (unpaired) electrons. The summed E-state index contributed by atoms with van der Waals surface area (Å²) in [5.41, 5.74) is 3.48. The topological polar surface area (TPSA) is 32.3 Å². The average molecular weight is 230 g/mol. The minimum absolute atomic E-state index is 0.321. The summed E-state index contributed by atoms with van der Waals surface area (Å²) in [5, 5.41) is 3.35. The Morgan fingerprint density at radius 3 is 2.82 bits per heavy atom. The quantitative estimate of drug-likeness (QED) is 0.829. The van der Waals surface area contributed by atoms with Crippen molar-refractivity contribution in [1.29, 1.82) is 0 Å². The summed E-state index contributed by atoms with van der Waals surface area (Å²) in [6.07, 6.45) is 1.63. The first-order valence-corrected chi connectivity index (χ1v) is 6.41. The highest BCUT2D eigenvalue weighted by Gasteiger charge is 2.20. The number of Topliss-reactive ketones (excluding diaryl/α,β-unsaturated/α-hetero) is 1. The fourth-order valence-corrected chi connectivity index (χ4v) is 2.71. The molecule has 3 nitrogen and oxygen atoms in total. The molecule has 0 atom stereocenters. The van der Waals surface area contributed by atoms with Crippen LogP contribution in [0.2, 0.25) is 0 Å². The van der Waals surface area contributed by atoms with Crippen LogP contribution < -0.4 is 5.32 Å². The van der Waals surface area contributed by atoms with Gasteiger partial charge in [-0.25, -0.2) is 0 Å². The fourth-order valence-electron chi connectivity index (χ4n) is 2.71. The van der Waals surface area contributed by atoms with Crippen LogP contribution in [0.5, 0.6) is 0 Å². The van der Waals surface area contributed by atoms with E-state index in [1.807, 2.05) is 0 Å². The van der Waals surface area contributed by atoms with Crippen LogP contribution in [-0.2, 0) is 13.0 Å². The van der Waals surface area contributed by atoms with Crippen LogP contribution in [0.1, 0.15) is 27.9 Å². The SMILES string of the molecule is O=C1CCc2ccc(CN3CCNCC3)cc21. The molecule has 90 valence electrons. The molecule has 0 aromatic heterocycles. The van der Waals surface area contributed by atoms with E-state index in [1.54, 1.807) is 0 Å². The third-order valence-corrected chi connectivity index (χ3v) is 3.71. The van der Waals surface area contributed by atoms with Crippen molar-refractivity contribution < 1.29 is 4.79 Å². The van der Waals surface area contributed by atoms with Crippen molar-refractivity contribution in [2.45, 2.75) is 19.4 Å². The van der Waals surface area contributed by atoms with Gasteiger partial charge in [0, 0.05) is 44.7 Å². The van der Waals surface area contributed by atoms with Crippen LogP contribution in [0, 0.1) is 0 Å². The molecule has 0 unspecified atom stereocenters. The lowest BCUT2D eigenvalue weighted by atomic mass is 10.1. The Morgan fingerprint density at radius 2 is 2.00 bits per heavy atom. The molecular weight excluding hydrogens is 212 g/mol. The van der Waals surface area contributed by atoms with Crippen molar-refractivity contribution in [1.82, 2.24) is 10.2 Å². The molecule has 0 bridgehead atoms. The van der Waals surface area contributed by atoms with E-state index in [0.717, 1.165) is 44.7 Å². The fraction of sp³-hybridized carbons (Fsp3) is 0.500. The van der Waals surface area contributed by atoms with Crippen molar-refractivity contribution in [3.05, 3.63) is 34.9 Å². The van der Waals surface area contributed by atoms with Gasteiger partial charge in [-0.05, 0) is 23.6 Å². The number of nitrogens with one attached hydrogen (secondary N) is 1. The molecule has 0 amide bonds. The number of carbonyl (C=O) groups is 1. The zero-order chi connectivity index (χ0) is 11.7. The summed E-state index contributed by atoms with van der Waals surface area (Å²) in [6, 6.07) is 6.42. The molecule has 1 N–H and O–H groups in total. The van der Waals surface area contributed by atoms with Crippen LogP contribution in [0.15, 0.2) is 18.2 Å². The average Bonchev–Trinajstić information content (AvgIpc) is 2.73. The molecule has 3 heteroatoms. The van der Waals surface area contributed by atoms with Gasteiger partial charge in [0.2, 0.25) is 0 Å². The van der Waals surface area contributed by atoms with Crippen LogP contribution in [0.25, 0.3) is 0 Å². The summed E-state index contributed by atoms with van der Waals surface area (Å²) in [5.74, 6) is 0.321. The Hall–Kier alpha value is -1.19. The Bertz CT molecular complexity index is 436. The Morgan fingerprint density at radius 1 is 1.18 bits per heavy atom. The number of hydrogen-bond acceptors (Lipinski definition) is 3. The van der Waals surface area contributed by atoms with E-state index in [-0.39, 0.29) is 0 Å². The van der Waals surface area contributed by atoms with E-state index in [4.69, 9.17) is 0 Å². The van der Waals surface area contributed by atoms with Crippen molar-refractivity contribution >= 4 is 5.78 Å². The number of piperazine rings is 1. The van der Waals surface area contributed by atoms with E-state index in [9.17, 15) is 4.79 Å². The van der Waals surface area contributed by atoms with E-state index in [2.05, 4.69) is 28.4 Å². The number of aryl methyl sites for hydroxylation is 1. The lowest BCUT2D eigenvalue weighted by Gasteiger charge is -2.27. The van der Waals surface area contributed by atoms with E-state index >= 15 is 0 Å². The summed E-state index contributed by atoms with van der Waals surface area (Å²) in [4.78, 5) is 14.1. The monoisotopic (exact) mass is 230 g/mol. The number of benzene rings is 1. The highest BCUT2D eigenvalue weighted by Crippen LogP contribution is 2.23. The third-order valence-electron chi connectivity index (χ3n) is 3.71. The smallest absolute Gasteiger partial charge is 0.163 e. The zero-order valence-corrected chi connectivity index (χ0v) is 10.0. The maximum absolute atomic E-state index is 11.7. The molecule has 1 heterocycles. The van der Waals surface area contributed by atoms with Crippen LogP contribution in [-0.4, -0.2) is 36.9 Å². The van der Waals surface area contributed by atoms with Gasteiger partial charge in [-0.2, -0.15) is 0 Å². The van der Waals surface area contributed by atoms with E-state index in [1.165, 1.54) is 11.1 Å². The molecule has 0 saturated carbocycles. The summed E-state index contributed by atoms with van der Waals surface area (Å²) >= 11 is 0. The first kappa shape index (κ1) is 10.9. The van der Waals surface area contributed by atoms with Crippen molar-refractivity contribution in [2.24, 2.45) is 0 Å². The number of hydrogen-bond donors (Lipinski definition) is 1. The van der Waals surface area contributed by atoms with Crippen molar-refractivity contribution in [2.75, 3.05) is 26.2 Å². The molecule has 17 heavy (non-hydrogen) atoms. The number of fused-ring (bicyclic) bond motifs is 1. The van der Waals surface area contributed by atoms with Crippen molar-refractivity contribution in [3.8, 4) is 0 Å². The summed E-state index contributed by atoms with van der Waals surface area (Å²) < 4.78 is 0. The predicted molar refractivity (Wildman–Crippen MR) is 67.2 cm³/mol. The first-order chi connectivity index (χ1) is 8.33. The Labute approximate surface area is 102 Å². The van der Waals surface area contributed by atoms with Gasteiger partial charge in [0.1, 0.15) is 0 Å². The number of nitrogens with zero attached hydrogens (tertiary/aromatic N) is 1. The third kappa shape index (κ3) is 2.26. The van der Waals surface area contributed by atoms with Gasteiger partial charge in [0.05, 0.1) is 0 Å². The standard InChI is InChI=1S/C14H18N2O/c17-14-4-3-12-2-1-11(9-13(12)14)10-16-7-5-15-6-8-16/h1-2,9,15H,3-8,10H2. The van der Waals surface area contributed by atoms with Gasteiger partial charge in [0.15, 0.2) is 5.78 Å². The highest BCUT2D eigenvalue weighted by atomic mass is 16.1. The Balaban J connectivity index is 1.75. The van der Waals surface area contributed by atoms with Crippen molar-refractivity contribution in [3.63, 3.8) is 0 Å². The molecular formula is C14H18N2O. The van der Waals surface area contributed by atoms with Crippen LogP contribution in [0.3, 0.4) is 0 Å². The molecule has 1 aliphatic carbocycles. The van der Waals surface area contributed by atoms with Crippen LogP contribution in [0.4, 0.5) is 0 Å². The van der Waals surface area contributed by atoms with Gasteiger partial charge in [-0.1, -0.05) is 12.1 Å². The second-order valence-electron chi connectivity index (χ2n) is 4.94. The maximum Gasteiger partial charge on any atom is 0.163 e. The maximum atomic E-state index is 11.7. The number of rotatable bonds is 2. The van der Waals surface area contributed by atoms with Gasteiger partial charge in [-0.15, -0.1) is 0 Å². The summed E-state index contributed by atoms with van der Waals surface area (Å²) in [7, 11) is 0. The van der Waals surface area contributed by atoms with Gasteiger partial charge in [0.25, 0.3) is 0 Å². The van der Waals surface area contributed by atoms with Gasteiger partial charge in [-0.3, -0.25) is 9.69 Å². The minimum atomic E-state index is 0.321. The molecule has 2 aliphatic rings. The lowest BCUT2D eigenvalue weighted by Crippen LogP contribution is -2.42. The summed E-state index contributed by atoms with van der Waals surface area (Å²) in [6.45, 7) is 5.33. The predicted octanol–water partition coefficient (Wildman–Crippen LogP) is 1.22. The molecule has 1 aromatic rings. The molecule has 1 fully saturated rings. The Kier molecular flexibility index (Phi) is 2.95. The number of ketones is 1. The van der Waals surface area contributed by atoms with E-state index in [0.29, 0.717) is 12.2 Å². The molecule has 1 aliphatic heterocycles. The van der Waals surface area contributed by atoms with Crippen LogP contribution >= 0.6 is 0 Å². The molecule has 1 aromatic carbocycles. The largest absolute Gasteiger partial charge is 0.314 e. The molecule has 0 spiro atoms. The normalized spacial score (nSPS) is 20.6. The second-order valence-corrected chi connectivity index (χ2v) is 4.94. The second kappa shape index (κ2) is 4.59. The van der Waals surface area contributed by atoms with Gasteiger partial charge >= 0.3 is 0 Å². The highest BCUT2D eigenvalue weighted by molar-refractivity contribution is 6.00. The zero-order valence-electron chi connectivity index (χ0n) is 10.0. The van der Waals surface area contributed by atoms with Gasteiger partial charge < -0.3 is 5.32 Å². The molecule has 3 rings (SSSR count). The number of carbonyl (C=O) groups excluding carboxylic acids is 1. The van der Waals surface area contributed by atoms with E-state index < -0.39 is 0 Å².